The minimum Gasteiger partial charge on any atom is -0.306 e. The third-order valence-electron chi connectivity index (χ3n) is 3.89. The molecule has 0 bridgehead atoms. The predicted molar refractivity (Wildman–Crippen MR) is 95.2 cm³/mol. The number of aromatic nitrogens is 2. The van der Waals surface area contributed by atoms with Crippen LogP contribution in [-0.2, 0) is 0 Å². The Bertz CT molecular complexity index is 1130. The summed E-state index contributed by atoms with van der Waals surface area (Å²) in [5.41, 5.74) is 1.30. The Morgan fingerprint density at radius 2 is 1.62 bits per heavy atom. The van der Waals surface area contributed by atoms with Crippen molar-refractivity contribution in [2.24, 2.45) is 0 Å². The van der Waals surface area contributed by atoms with Crippen LogP contribution in [-0.4, -0.2) is 9.97 Å². The molecule has 24 heavy (non-hydrogen) atoms. The van der Waals surface area contributed by atoms with Crippen LogP contribution in [0.2, 0.25) is 0 Å². The first kappa shape index (κ1) is 14.3. The summed E-state index contributed by atoms with van der Waals surface area (Å²) in [5, 5.41) is 2.61. The van der Waals surface area contributed by atoms with Crippen LogP contribution in [0.4, 0.5) is 4.39 Å². The Hall–Kier alpha value is -3.27. The second kappa shape index (κ2) is 5.74. The Labute approximate surface area is 137 Å². The molecular weight excluding hydrogens is 303 g/mol. The van der Waals surface area contributed by atoms with Gasteiger partial charge in [0.2, 0.25) is 0 Å². The first-order chi connectivity index (χ1) is 11.7. The predicted octanol–water partition coefficient (Wildman–Crippen LogP) is 4.39. The van der Waals surface area contributed by atoms with Gasteiger partial charge in [-0.05, 0) is 46.7 Å². The van der Waals surface area contributed by atoms with Gasteiger partial charge in [0, 0.05) is 0 Å². The largest absolute Gasteiger partial charge is 0.306 e. The van der Waals surface area contributed by atoms with Gasteiger partial charge >= 0.3 is 0 Å². The lowest BCUT2D eigenvalue weighted by atomic mass is 10.1. The van der Waals surface area contributed by atoms with Crippen LogP contribution >= 0.6 is 0 Å². The SMILES string of the molecule is O=c1[nH]c(C=Cc2ccc(F)cc2)nc2cc3ccccc3cc12. The number of fused-ring (bicyclic) bond motifs is 2. The van der Waals surface area contributed by atoms with Gasteiger partial charge in [-0.3, -0.25) is 4.79 Å². The monoisotopic (exact) mass is 316 g/mol. The number of hydrogen-bond donors (Lipinski definition) is 1. The Kier molecular flexibility index (Phi) is 3.43. The number of hydrogen-bond acceptors (Lipinski definition) is 2. The molecule has 3 nitrogen and oxygen atoms in total. The smallest absolute Gasteiger partial charge is 0.259 e. The van der Waals surface area contributed by atoms with Crippen molar-refractivity contribution in [2.45, 2.75) is 0 Å². The van der Waals surface area contributed by atoms with Crippen LogP contribution in [0.1, 0.15) is 11.4 Å². The maximum absolute atomic E-state index is 12.9. The number of rotatable bonds is 2. The average molecular weight is 316 g/mol. The van der Waals surface area contributed by atoms with E-state index >= 15 is 0 Å². The molecule has 0 saturated carbocycles. The normalized spacial score (nSPS) is 11.5. The lowest BCUT2D eigenvalue weighted by Gasteiger charge is -2.02. The van der Waals surface area contributed by atoms with Gasteiger partial charge in [-0.15, -0.1) is 0 Å². The second-order valence-electron chi connectivity index (χ2n) is 5.55. The third kappa shape index (κ3) is 2.70. The average Bonchev–Trinajstić information content (AvgIpc) is 2.60. The summed E-state index contributed by atoms with van der Waals surface area (Å²) in [6.07, 6.45) is 3.49. The zero-order valence-corrected chi connectivity index (χ0v) is 12.7. The van der Waals surface area contributed by atoms with Gasteiger partial charge in [-0.2, -0.15) is 0 Å². The van der Waals surface area contributed by atoms with E-state index in [1.165, 1.54) is 12.1 Å². The van der Waals surface area contributed by atoms with E-state index in [0.29, 0.717) is 16.7 Å². The van der Waals surface area contributed by atoms with Crippen LogP contribution in [0.5, 0.6) is 0 Å². The van der Waals surface area contributed by atoms with Crippen LogP contribution in [0.15, 0.2) is 65.5 Å². The fourth-order valence-corrected chi connectivity index (χ4v) is 2.67. The number of benzene rings is 3. The molecule has 0 fully saturated rings. The molecule has 0 aliphatic carbocycles. The van der Waals surface area contributed by atoms with Crippen molar-refractivity contribution >= 4 is 33.8 Å². The van der Waals surface area contributed by atoms with Gasteiger partial charge in [0.05, 0.1) is 10.9 Å². The summed E-state index contributed by atoms with van der Waals surface area (Å²) in [7, 11) is 0. The van der Waals surface area contributed by atoms with Gasteiger partial charge in [0.15, 0.2) is 0 Å². The number of halogens is 1. The van der Waals surface area contributed by atoms with Gasteiger partial charge in [0.25, 0.3) is 5.56 Å². The van der Waals surface area contributed by atoms with Crippen LogP contribution in [0.3, 0.4) is 0 Å². The highest BCUT2D eigenvalue weighted by Crippen LogP contribution is 2.19. The fraction of sp³-hybridized carbons (Fsp3) is 0. The van der Waals surface area contributed by atoms with Crippen molar-refractivity contribution in [3.63, 3.8) is 0 Å². The molecule has 0 radical (unpaired) electrons. The molecular formula is C20H13FN2O. The van der Waals surface area contributed by atoms with Gasteiger partial charge in [0.1, 0.15) is 11.6 Å². The van der Waals surface area contributed by atoms with E-state index < -0.39 is 0 Å². The highest BCUT2D eigenvalue weighted by molar-refractivity contribution is 5.96. The quantitative estimate of drug-likeness (QED) is 0.558. The first-order valence-corrected chi connectivity index (χ1v) is 7.55. The Morgan fingerprint density at radius 3 is 2.38 bits per heavy atom. The van der Waals surface area contributed by atoms with Gasteiger partial charge < -0.3 is 4.98 Å². The van der Waals surface area contributed by atoms with Crippen molar-refractivity contribution in [1.82, 2.24) is 9.97 Å². The molecule has 0 unspecified atom stereocenters. The lowest BCUT2D eigenvalue weighted by molar-refractivity contribution is 0.628. The molecule has 0 aliphatic rings. The van der Waals surface area contributed by atoms with Crippen molar-refractivity contribution in [3.8, 4) is 0 Å². The second-order valence-corrected chi connectivity index (χ2v) is 5.55. The van der Waals surface area contributed by atoms with E-state index in [4.69, 9.17) is 0 Å². The molecule has 0 aliphatic heterocycles. The lowest BCUT2D eigenvalue weighted by Crippen LogP contribution is -2.09. The van der Waals surface area contributed by atoms with Crippen molar-refractivity contribution in [1.29, 1.82) is 0 Å². The number of H-pyrrole nitrogens is 1. The van der Waals surface area contributed by atoms with Gasteiger partial charge in [-0.1, -0.05) is 42.5 Å². The van der Waals surface area contributed by atoms with E-state index in [1.807, 2.05) is 36.4 Å². The molecule has 3 aromatic carbocycles. The molecule has 0 amide bonds. The molecule has 4 heteroatoms. The maximum Gasteiger partial charge on any atom is 0.259 e. The Morgan fingerprint density at radius 1 is 0.917 bits per heavy atom. The Balaban J connectivity index is 1.80. The molecule has 4 rings (SSSR count). The third-order valence-corrected chi connectivity index (χ3v) is 3.89. The zero-order valence-electron chi connectivity index (χ0n) is 12.7. The summed E-state index contributed by atoms with van der Waals surface area (Å²) in [5.74, 6) is 0.184. The topological polar surface area (TPSA) is 45.8 Å². The van der Waals surface area contributed by atoms with E-state index in [0.717, 1.165) is 16.3 Å². The standard InChI is InChI=1S/C20H13FN2O/c21-16-8-5-13(6-9-16)7-10-19-22-18-12-15-4-2-1-3-14(15)11-17(18)20(24)23-19/h1-12H,(H,22,23,24). The van der Waals surface area contributed by atoms with Crippen LogP contribution in [0.25, 0.3) is 33.8 Å². The first-order valence-electron chi connectivity index (χ1n) is 7.55. The molecule has 0 spiro atoms. The molecule has 0 atom stereocenters. The van der Waals surface area contributed by atoms with Crippen molar-refractivity contribution < 1.29 is 4.39 Å². The van der Waals surface area contributed by atoms with E-state index in [1.54, 1.807) is 24.3 Å². The van der Waals surface area contributed by atoms with E-state index in [2.05, 4.69) is 9.97 Å². The summed E-state index contributed by atoms with van der Waals surface area (Å²) >= 11 is 0. The van der Waals surface area contributed by atoms with Gasteiger partial charge in [-0.25, -0.2) is 9.37 Å². The fourth-order valence-electron chi connectivity index (χ4n) is 2.67. The van der Waals surface area contributed by atoms with E-state index in [9.17, 15) is 9.18 Å². The molecule has 0 saturated heterocycles. The number of nitrogens with zero attached hydrogens (tertiary/aromatic N) is 1. The molecule has 1 heterocycles. The zero-order chi connectivity index (χ0) is 16.5. The minimum atomic E-state index is -0.281. The van der Waals surface area contributed by atoms with Crippen molar-refractivity contribution in [2.75, 3.05) is 0 Å². The number of nitrogens with one attached hydrogen (secondary N) is 1. The molecule has 1 aromatic heterocycles. The van der Waals surface area contributed by atoms with Crippen LogP contribution < -0.4 is 5.56 Å². The molecule has 116 valence electrons. The summed E-state index contributed by atoms with van der Waals surface area (Å²) in [4.78, 5) is 19.6. The maximum atomic E-state index is 12.9. The highest BCUT2D eigenvalue weighted by atomic mass is 19.1. The molecule has 4 aromatic rings. The van der Waals surface area contributed by atoms with Crippen LogP contribution in [0, 0.1) is 5.82 Å². The highest BCUT2D eigenvalue weighted by Gasteiger charge is 2.04. The summed E-state index contributed by atoms with van der Waals surface area (Å²) in [6, 6.07) is 17.7. The number of aromatic amines is 1. The summed E-state index contributed by atoms with van der Waals surface area (Å²) < 4.78 is 12.9. The summed E-state index contributed by atoms with van der Waals surface area (Å²) in [6.45, 7) is 0. The van der Waals surface area contributed by atoms with Crippen molar-refractivity contribution in [3.05, 3.63) is 88.2 Å². The molecule has 1 N–H and O–H groups in total. The minimum absolute atomic E-state index is 0.176. The van der Waals surface area contributed by atoms with E-state index in [-0.39, 0.29) is 11.4 Å².